The predicted molar refractivity (Wildman–Crippen MR) is 87.2 cm³/mol. The normalized spacial score (nSPS) is 14.4. The maximum absolute atomic E-state index is 12.5. The van der Waals surface area contributed by atoms with Gasteiger partial charge in [-0.3, -0.25) is 4.79 Å². The first-order valence-corrected chi connectivity index (χ1v) is 7.71. The van der Waals surface area contributed by atoms with Crippen LogP contribution in [-0.2, 0) is 0 Å². The molecular formula is C17H16N4O3. The molecule has 0 fully saturated rings. The Labute approximate surface area is 138 Å². The highest BCUT2D eigenvalue weighted by Crippen LogP contribution is 2.32. The van der Waals surface area contributed by atoms with Crippen molar-refractivity contribution >= 4 is 16.9 Å². The van der Waals surface area contributed by atoms with E-state index in [1.165, 1.54) is 0 Å². The van der Waals surface area contributed by atoms with Gasteiger partial charge in [0.05, 0.1) is 6.04 Å². The minimum Gasteiger partial charge on any atom is -0.486 e. The lowest BCUT2D eigenvalue weighted by Gasteiger charge is -2.21. The summed E-state index contributed by atoms with van der Waals surface area (Å²) < 4.78 is 11.1. The number of aromatic amines is 1. The Kier molecular flexibility index (Phi) is 3.53. The van der Waals surface area contributed by atoms with Crippen LogP contribution in [0.1, 0.15) is 28.9 Å². The summed E-state index contributed by atoms with van der Waals surface area (Å²) in [5.74, 6) is 1.28. The van der Waals surface area contributed by atoms with Crippen LogP contribution < -0.4 is 14.8 Å². The Balaban J connectivity index is 1.52. The molecule has 0 saturated heterocycles. The van der Waals surface area contributed by atoms with Gasteiger partial charge in [0.2, 0.25) is 0 Å². The molecule has 1 amide bonds. The van der Waals surface area contributed by atoms with E-state index in [4.69, 9.17) is 9.47 Å². The molecule has 0 saturated carbocycles. The van der Waals surface area contributed by atoms with Crippen molar-refractivity contribution in [2.45, 2.75) is 13.0 Å². The first-order chi connectivity index (χ1) is 11.7. The van der Waals surface area contributed by atoms with Gasteiger partial charge in [0.1, 0.15) is 24.2 Å². The van der Waals surface area contributed by atoms with E-state index in [-0.39, 0.29) is 11.9 Å². The Hall–Kier alpha value is -3.09. The smallest absolute Gasteiger partial charge is 0.251 e. The van der Waals surface area contributed by atoms with Gasteiger partial charge in [-0.2, -0.15) is 15.4 Å². The van der Waals surface area contributed by atoms with Crippen molar-refractivity contribution in [3.05, 3.63) is 47.5 Å². The number of nitrogens with zero attached hydrogens (tertiary/aromatic N) is 2. The SMILES string of the molecule is C[C@H](NC(=O)c1ccc2n[nH]nc2c1)c1ccc2c(c1)OCCO2. The molecule has 7 nitrogen and oxygen atoms in total. The molecule has 3 aromatic rings. The van der Waals surface area contributed by atoms with E-state index in [9.17, 15) is 4.79 Å². The van der Waals surface area contributed by atoms with Crippen LogP contribution in [0.4, 0.5) is 0 Å². The van der Waals surface area contributed by atoms with Crippen molar-refractivity contribution in [3.8, 4) is 11.5 Å². The Morgan fingerprint density at radius 3 is 2.75 bits per heavy atom. The molecule has 0 aliphatic carbocycles. The molecule has 2 heterocycles. The minimum absolute atomic E-state index is 0.165. The van der Waals surface area contributed by atoms with E-state index in [0.29, 0.717) is 30.0 Å². The topological polar surface area (TPSA) is 89.1 Å². The number of nitrogens with one attached hydrogen (secondary N) is 2. The summed E-state index contributed by atoms with van der Waals surface area (Å²) in [6, 6.07) is 10.7. The molecule has 0 unspecified atom stereocenters. The number of hydrogen-bond donors (Lipinski definition) is 2. The summed E-state index contributed by atoms with van der Waals surface area (Å²) >= 11 is 0. The third-order valence-corrected chi connectivity index (χ3v) is 3.99. The number of carbonyl (C=O) groups excluding carboxylic acids is 1. The number of benzene rings is 2. The van der Waals surface area contributed by atoms with E-state index in [2.05, 4.69) is 20.7 Å². The molecule has 4 rings (SSSR count). The minimum atomic E-state index is -0.165. The lowest BCUT2D eigenvalue weighted by atomic mass is 10.1. The van der Waals surface area contributed by atoms with E-state index < -0.39 is 0 Å². The number of aromatic nitrogens is 3. The fraction of sp³-hybridized carbons (Fsp3) is 0.235. The van der Waals surface area contributed by atoms with Crippen molar-refractivity contribution in [2.24, 2.45) is 0 Å². The van der Waals surface area contributed by atoms with Gasteiger partial charge in [0, 0.05) is 5.56 Å². The molecule has 2 aromatic carbocycles. The highest BCUT2D eigenvalue weighted by molar-refractivity contribution is 5.97. The number of rotatable bonds is 3. The second-order valence-corrected chi connectivity index (χ2v) is 5.63. The van der Waals surface area contributed by atoms with Crippen molar-refractivity contribution in [1.82, 2.24) is 20.7 Å². The zero-order chi connectivity index (χ0) is 16.5. The zero-order valence-corrected chi connectivity index (χ0v) is 13.1. The molecule has 0 bridgehead atoms. The van der Waals surface area contributed by atoms with Crippen LogP contribution in [0.2, 0.25) is 0 Å². The van der Waals surface area contributed by atoms with Crippen LogP contribution in [0.25, 0.3) is 11.0 Å². The second kappa shape index (κ2) is 5.84. The summed E-state index contributed by atoms with van der Waals surface area (Å²) in [5.41, 5.74) is 2.89. The van der Waals surface area contributed by atoms with Gasteiger partial charge >= 0.3 is 0 Å². The van der Waals surface area contributed by atoms with Crippen molar-refractivity contribution < 1.29 is 14.3 Å². The van der Waals surface area contributed by atoms with Crippen LogP contribution in [0, 0.1) is 0 Å². The number of hydrogen-bond acceptors (Lipinski definition) is 5. The summed E-state index contributed by atoms with van der Waals surface area (Å²) in [6.07, 6.45) is 0. The molecule has 1 aliphatic heterocycles. The van der Waals surface area contributed by atoms with Gasteiger partial charge in [-0.15, -0.1) is 0 Å². The molecule has 0 spiro atoms. The zero-order valence-electron chi connectivity index (χ0n) is 13.1. The predicted octanol–water partition coefficient (Wildman–Crippen LogP) is 2.22. The third kappa shape index (κ3) is 2.64. The van der Waals surface area contributed by atoms with Crippen LogP contribution in [0.5, 0.6) is 11.5 Å². The molecule has 1 aromatic heterocycles. The quantitative estimate of drug-likeness (QED) is 0.771. The fourth-order valence-electron chi connectivity index (χ4n) is 2.67. The first kappa shape index (κ1) is 14.5. The van der Waals surface area contributed by atoms with Gasteiger partial charge in [0.25, 0.3) is 5.91 Å². The maximum Gasteiger partial charge on any atom is 0.251 e. The van der Waals surface area contributed by atoms with Crippen molar-refractivity contribution in [1.29, 1.82) is 0 Å². The summed E-state index contributed by atoms with van der Waals surface area (Å²) in [6.45, 7) is 3.02. The van der Waals surface area contributed by atoms with Gasteiger partial charge in [-0.1, -0.05) is 6.07 Å². The van der Waals surface area contributed by atoms with Crippen LogP contribution in [-0.4, -0.2) is 34.5 Å². The molecule has 2 N–H and O–H groups in total. The van der Waals surface area contributed by atoms with E-state index in [1.54, 1.807) is 18.2 Å². The molecule has 7 heteroatoms. The standard InChI is InChI=1S/C17H16N4O3/c1-10(11-3-5-15-16(9-11)24-7-6-23-15)18-17(22)12-2-4-13-14(8-12)20-21-19-13/h2-5,8-10H,6-7H2,1H3,(H,18,22)(H,19,20,21)/t10-/m0/s1. The number of amides is 1. The van der Waals surface area contributed by atoms with E-state index in [0.717, 1.165) is 16.8 Å². The van der Waals surface area contributed by atoms with Crippen LogP contribution in [0.3, 0.4) is 0 Å². The van der Waals surface area contributed by atoms with Gasteiger partial charge in [-0.05, 0) is 42.8 Å². The molecule has 1 aliphatic rings. The average molecular weight is 324 g/mol. The third-order valence-electron chi connectivity index (χ3n) is 3.99. The van der Waals surface area contributed by atoms with Crippen LogP contribution >= 0.6 is 0 Å². The Morgan fingerprint density at radius 2 is 1.88 bits per heavy atom. The second-order valence-electron chi connectivity index (χ2n) is 5.63. The molecule has 1 atom stereocenters. The Morgan fingerprint density at radius 1 is 1.08 bits per heavy atom. The van der Waals surface area contributed by atoms with Crippen molar-refractivity contribution in [3.63, 3.8) is 0 Å². The fourth-order valence-corrected chi connectivity index (χ4v) is 2.67. The number of ether oxygens (including phenoxy) is 2. The number of H-pyrrole nitrogens is 1. The van der Waals surface area contributed by atoms with Gasteiger partial charge in [0.15, 0.2) is 11.5 Å². The summed E-state index contributed by atoms with van der Waals surface area (Å²) in [5, 5.41) is 13.5. The molecule has 122 valence electrons. The van der Waals surface area contributed by atoms with E-state index >= 15 is 0 Å². The van der Waals surface area contributed by atoms with Gasteiger partial charge < -0.3 is 14.8 Å². The molecule has 24 heavy (non-hydrogen) atoms. The number of fused-ring (bicyclic) bond motifs is 2. The van der Waals surface area contributed by atoms with Gasteiger partial charge in [-0.25, -0.2) is 0 Å². The lowest BCUT2D eigenvalue weighted by Crippen LogP contribution is -2.26. The first-order valence-electron chi connectivity index (χ1n) is 7.71. The molecule has 0 radical (unpaired) electrons. The Bertz CT molecular complexity index is 906. The largest absolute Gasteiger partial charge is 0.486 e. The average Bonchev–Trinajstić information content (AvgIpc) is 3.08. The van der Waals surface area contributed by atoms with Crippen LogP contribution in [0.15, 0.2) is 36.4 Å². The highest BCUT2D eigenvalue weighted by atomic mass is 16.6. The maximum atomic E-state index is 12.5. The van der Waals surface area contributed by atoms with E-state index in [1.807, 2.05) is 25.1 Å². The lowest BCUT2D eigenvalue weighted by molar-refractivity contribution is 0.0940. The number of carbonyl (C=O) groups is 1. The van der Waals surface area contributed by atoms with Crippen molar-refractivity contribution in [2.75, 3.05) is 13.2 Å². The summed E-state index contributed by atoms with van der Waals surface area (Å²) in [4.78, 5) is 12.5. The molecular weight excluding hydrogens is 308 g/mol. The monoisotopic (exact) mass is 324 g/mol. The summed E-state index contributed by atoms with van der Waals surface area (Å²) in [7, 11) is 0. The highest BCUT2D eigenvalue weighted by Gasteiger charge is 2.17.